The van der Waals surface area contributed by atoms with Crippen LogP contribution >= 0.6 is 23.2 Å². The minimum atomic E-state index is -0.510. The molecule has 1 atom stereocenters. The molecule has 0 aromatic heterocycles. The van der Waals surface area contributed by atoms with E-state index in [2.05, 4.69) is 5.32 Å². The number of nitrogens with one attached hydrogen (secondary N) is 2. The molecule has 4 nitrogen and oxygen atoms in total. The van der Waals surface area contributed by atoms with Crippen molar-refractivity contribution in [2.24, 2.45) is 0 Å². The van der Waals surface area contributed by atoms with Gasteiger partial charge < -0.3 is 5.32 Å². The molecule has 0 heterocycles. The highest BCUT2D eigenvalue weighted by atomic mass is 35.5. The maximum absolute atomic E-state index is 11.5. The van der Waals surface area contributed by atoms with E-state index in [1.165, 1.54) is 0 Å². The summed E-state index contributed by atoms with van der Waals surface area (Å²) in [6, 6.07) is 4.46. The van der Waals surface area contributed by atoms with E-state index in [1.54, 1.807) is 23.7 Å². The summed E-state index contributed by atoms with van der Waals surface area (Å²) in [5.41, 5.74) is 2.31. The molecule has 0 bridgehead atoms. The standard InChI is InChI=1S/C12H16Cl2N2O2/c1-2-3-4-11(12(17)16-18)15-10-6-8(13)5-9(14)7-10/h5-7,11,15,18H,2-4H2,1H3,(H,16,17). The van der Waals surface area contributed by atoms with Gasteiger partial charge in [0.1, 0.15) is 6.04 Å². The average molecular weight is 291 g/mol. The summed E-state index contributed by atoms with van der Waals surface area (Å²) in [6.45, 7) is 2.03. The Hall–Kier alpha value is -0.970. The third-order valence-corrected chi connectivity index (χ3v) is 2.91. The van der Waals surface area contributed by atoms with Gasteiger partial charge in [-0.3, -0.25) is 10.0 Å². The zero-order valence-electron chi connectivity index (χ0n) is 10.0. The maximum atomic E-state index is 11.5. The van der Waals surface area contributed by atoms with Crippen LogP contribution in [0.4, 0.5) is 5.69 Å². The van der Waals surface area contributed by atoms with Gasteiger partial charge in [0.2, 0.25) is 0 Å². The van der Waals surface area contributed by atoms with Crippen LogP contribution in [-0.2, 0) is 4.79 Å². The molecule has 1 aromatic rings. The van der Waals surface area contributed by atoms with E-state index in [4.69, 9.17) is 28.4 Å². The van der Waals surface area contributed by atoms with Crippen molar-refractivity contribution in [2.45, 2.75) is 32.2 Å². The molecule has 6 heteroatoms. The number of benzene rings is 1. The largest absolute Gasteiger partial charge is 0.374 e. The summed E-state index contributed by atoms with van der Waals surface area (Å²) in [5.74, 6) is -0.473. The molecule has 0 fully saturated rings. The fourth-order valence-corrected chi connectivity index (χ4v) is 2.12. The van der Waals surface area contributed by atoms with E-state index in [9.17, 15) is 4.79 Å². The molecule has 1 aromatic carbocycles. The second-order valence-electron chi connectivity index (χ2n) is 3.97. The minimum absolute atomic E-state index is 0.473. The number of hydrogen-bond donors (Lipinski definition) is 3. The molecular weight excluding hydrogens is 275 g/mol. The van der Waals surface area contributed by atoms with Gasteiger partial charge in [-0.15, -0.1) is 0 Å². The molecule has 1 unspecified atom stereocenters. The van der Waals surface area contributed by atoms with Crippen LogP contribution in [0.15, 0.2) is 18.2 Å². The van der Waals surface area contributed by atoms with Crippen molar-refractivity contribution in [2.75, 3.05) is 5.32 Å². The number of amides is 1. The second kappa shape index (κ2) is 7.46. The first kappa shape index (κ1) is 15.1. The number of hydrogen-bond acceptors (Lipinski definition) is 3. The Morgan fingerprint density at radius 3 is 2.44 bits per heavy atom. The molecule has 0 aliphatic carbocycles. The average Bonchev–Trinajstić information content (AvgIpc) is 2.32. The molecule has 1 amide bonds. The summed E-state index contributed by atoms with van der Waals surface area (Å²) in [6.07, 6.45) is 2.46. The Balaban J connectivity index is 2.78. The molecule has 0 saturated carbocycles. The molecule has 18 heavy (non-hydrogen) atoms. The molecule has 0 spiro atoms. The van der Waals surface area contributed by atoms with Gasteiger partial charge in [0.05, 0.1) is 0 Å². The zero-order valence-corrected chi connectivity index (χ0v) is 11.6. The first-order valence-corrected chi connectivity index (χ1v) is 6.49. The third-order valence-electron chi connectivity index (χ3n) is 2.48. The van der Waals surface area contributed by atoms with E-state index in [0.717, 1.165) is 12.8 Å². The Bertz CT molecular complexity index is 393. The van der Waals surface area contributed by atoms with Crippen LogP contribution in [-0.4, -0.2) is 17.2 Å². The molecule has 0 radical (unpaired) electrons. The van der Waals surface area contributed by atoms with E-state index in [0.29, 0.717) is 22.2 Å². The van der Waals surface area contributed by atoms with Crippen LogP contribution in [0.5, 0.6) is 0 Å². The quantitative estimate of drug-likeness (QED) is 0.555. The highest BCUT2D eigenvalue weighted by Gasteiger charge is 2.17. The fraction of sp³-hybridized carbons (Fsp3) is 0.417. The fourth-order valence-electron chi connectivity index (χ4n) is 1.59. The molecular formula is C12H16Cl2N2O2. The molecule has 0 aliphatic rings. The number of carbonyl (C=O) groups excluding carboxylic acids is 1. The first-order chi connectivity index (χ1) is 8.56. The van der Waals surface area contributed by atoms with Crippen molar-refractivity contribution in [1.29, 1.82) is 0 Å². The second-order valence-corrected chi connectivity index (χ2v) is 4.85. The Morgan fingerprint density at radius 1 is 1.33 bits per heavy atom. The number of unbranched alkanes of at least 4 members (excludes halogenated alkanes) is 1. The lowest BCUT2D eigenvalue weighted by Crippen LogP contribution is -2.38. The van der Waals surface area contributed by atoms with Crippen molar-refractivity contribution < 1.29 is 10.0 Å². The predicted octanol–water partition coefficient (Wildman–Crippen LogP) is 3.47. The number of hydroxylamine groups is 1. The van der Waals surface area contributed by atoms with E-state index >= 15 is 0 Å². The van der Waals surface area contributed by atoms with E-state index < -0.39 is 11.9 Å². The van der Waals surface area contributed by atoms with E-state index in [1.807, 2.05) is 6.92 Å². The SMILES string of the molecule is CCCCC(Nc1cc(Cl)cc(Cl)c1)C(=O)NO. The number of rotatable bonds is 6. The Morgan fingerprint density at radius 2 is 1.94 bits per heavy atom. The van der Waals surface area contributed by atoms with Crippen molar-refractivity contribution in [3.05, 3.63) is 28.2 Å². The monoisotopic (exact) mass is 290 g/mol. The van der Waals surface area contributed by atoms with Crippen LogP contribution in [0.1, 0.15) is 26.2 Å². The predicted molar refractivity (Wildman–Crippen MR) is 73.3 cm³/mol. The molecule has 0 saturated heterocycles. The summed E-state index contributed by atoms with van der Waals surface area (Å²) >= 11 is 11.8. The number of carbonyl (C=O) groups is 1. The summed E-state index contributed by atoms with van der Waals surface area (Å²) in [5, 5.41) is 12.7. The number of anilines is 1. The number of halogens is 2. The first-order valence-electron chi connectivity index (χ1n) is 5.73. The van der Waals surface area contributed by atoms with Gasteiger partial charge in [-0.05, 0) is 24.6 Å². The van der Waals surface area contributed by atoms with Crippen LogP contribution < -0.4 is 10.8 Å². The van der Waals surface area contributed by atoms with E-state index in [-0.39, 0.29) is 0 Å². The van der Waals surface area contributed by atoms with Crippen molar-refractivity contribution in [3.8, 4) is 0 Å². The van der Waals surface area contributed by atoms with Crippen molar-refractivity contribution in [3.63, 3.8) is 0 Å². The van der Waals surface area contributed by atoms with Gasteiger partial charge in [-0.2, -0.15) is 0 Å². The molecule has 1 rings (SSSR count). The summed E-state index contributed by atoms with van der Waals surface area (Å²) in [4.78, 5) is 11.5. The molecule has 0 aliphatic heterocycles. The van der Waals surface area contributed by atoms with Gasteiger partial charge in [0.15, 0.2) is 0 Å². The summed E-state index contributed by atoms with van der Waals surface area (Å²) in [7, 11) is 0. The normalized spacial score (nSPS) is 12.0. The highest BCUT2D eigenvalue weighted by Crippen LogP contribution is 2.23. The van der Waals surface area contributed by atoms with Gasteiger partial charge in [0, 0.05) is 15.7 Å². The van der Waals surface area contributed by atoms with Crippen molar-refractivity contribution >= 4 is 34.8 Å². The zero-order chi connectivity index (χ0) is 13.5. The van der Waals surface area contributed by atoms with Crippen LogP contribution in [0.25, 0.3) is 0 Å². The maximum Gasteiger partial charge on any atom is 0.265 e. The third kappa shape index (κ3) is 4.72. The lowest BCUT2D eigenvalue weighted by molar-refractivity contribution is -0.130. The Kier molecular flexibility index (Phi) is 6.25. The summed E-state index contributed by atoms with van der Waals surface area (Å²) < 4.78 is 0. The van der Waals surface area contributed by atoms with Gasteiger partial charge >= 0.3 is 0 Å². The van der Waals surface area contributed by atoms with Gasteiger partial charge in [-0.1, -0.05) is 43.0 Å². The Labute approximate surface area is 116 Å². The molecule has 100 valence electrons. The van der Waals surface area contributed by atoms with Crippen molar-refractivity contribution in [1.82, 2.24) is 5.48 Å². The highest BCUT2D eigenvalue weighted by molar-refractivity contribution is 6.35. The minimum Gasteiger partial charge on any atom is -0.374 e. The molecule has 3 N–H and O–H groups in total. The van der Waals surface area contributed by atoms with Crippen LogP contribution in [0.3, 0.4) is 0 Å². The smallest absolute Gasteiger partial charge is 0.265 e. The van der Waals surface area contributed by atoms with Crippen LogP contribution in [0, 0.1) is 0 Å². The van der Waals surface area contributed by atoms with Gasteiger partial charge in [0.25, 0.3) is 5.91 Å². The lowest BCUT2D eigenvalue weighted by Gasteiger charge is -2.18. The van der Waals surface area contributed by atoms with Crippen LogP contribution in [0.2, 0.25) is 10.0 Å². The topological polar surface area (TPSA) is 61.4 Å². The van der Waals surface area contributed by atoms with Gasteiger partial charge in [-0.25, -0.2) is 5.48 Å². The lowest BCUT2D eigenvalue weighted by atomic mass is 10.1.